The van der Waals surface area contributed by atoms with E-state index in [1.807, 2.05) is 12.1 Å². The van der Waals surface area contributed by atoms with Gasteiger partial charge in [0.25, 0.3) is 10.0 Å². The molecule has 2 aromatic rings. The molecule has 0 atom stereocenters. The molecule has 0 bridgehead atoms. The van der Waals surface area contributed by atoms with Gasteiger partial charge in [0.15, 0.2) is 0 Å². The van der Waals surface area contributed by atoms with Crippen molar-refractivity contribution in [1.82, 2.24) is 0 Å². The Balaban J connectivity index is 1.84. The summed E-state index contributed by atoms with van der Waals surface area (Å²) in [7, 11) is -3.66. The molecule has 1 aliphatic rings. The molecule has 0 unspecified atom stereocenters. The van der Waals surface area contributed by atoms with Crippen LogP contribution in [0.1, 0.15) is 37.8 Å². The van der Waals surface area contributed by atoms with Gasteiger partial charge in [-0.25, -0.2) is 8.42 Å². The van der Waals surface area contributed by atoms with Gasteiger partial charge in [-0.05, 0) is 53.8 Å². The van der Waals surface area contributed by atoms with Crippen molar-refractivity contribution in [3.05, 3.63) is 53.6 Å². The second-order valence-corrected chi connectivity index (χ2v) is 8.28. The fourth-order valence-corrected chi connectivity index (χ4v) is 4.13. The fraction of sp³-hybridized carbons (Fsp3) is 0.316. The van der Waals surface area contributed by atoms with Gasteiger partial charge in [-0.1, -0.05) is 26.0 Å². The van der Waals surface area contributed by atoms with Crippen molar-refractivity contribution < 1.29 is 13.2 Å². The molecular formula is C19H22N2O3S. The third kappa shape index (κ3) is 3.54. The quantitative estimate of drug-likeness (QED) is 0.909. The van der Waals surface area contributed by atoms with Crippen LogP contribution >= 0.6 is 0 Å². The van der Waals surface area contributed by atoms with Gasteiger partial charge in [0, 0.05) is 24.8 Å². The van der Waals surface area contributed by atoms with Crippen LogP contribution in [0.3, 0.4) is 0 Å². The van der Waals surface area contributed by atoms with E-state index in [0.717, 1.165) is 16.8 Å². The molecule has 0 saturated carbocycles. The molecule has 6 heteroatoms. The largest absolute Gasteiger partial charge is 0.312 e. The van der Waals surface area contributed by atoms with Gasteiger partial charge in [-0.2, -0.15) is 0 Å². The van der Waals surface area contributed by atoms with E-state index in [-0.39, 0.29) is 10.8 Å². The second kappa shape index (κ2) is 6.52. The summed E-state index contributed by atoms with van der Waals surface area (Å²) in [5.74, 6) is 0.365. The monoisotopic (exact) mass is 358 g/mol. The average Bonchev–Trinajstić information content (AvgIpc) is 2.98. The number of carbonyl (C=O) groups is 1. The molecule has 25 heavy (non-hydrogen) atoms. The Kier molecular flexibility index (Phi) is 4.56. The van der Waals surface area contributed by atoms with Crippen LogP contribution in [0, 0.1) is 0 Å². The zero-order valence-corrected chi connectivity index (χ0v) is 15.4. The Bertz CT molecular complexity index is 903. The Morgan fingerprint density at radius 1 is 1.12 bits per heavy atom. The van der Waals surface area contributed by atoms with E-state index in [0.29, 0.717) is 24.6 Å². The van der Waals surface area contributed by atoms with E-state index >= 15 is 0 Å². The molecule has 1 N–H and O–H groups in total. The highest BCUT2D eigenvalue weighted by Crippen LogP contribution is 2.31. The maximum Gasteiger partial charge on any atom is 0.261 e. The third-order valence-corrected chi connectivity index (χ3v) is 5.85. The Hall–Kier alpha value is -2.34. The van der Waals surface area contributed by atoms with Gasteiger partial charge in [-0.3, -0.25) is 9.52 Å². The Morgan fingerprint density at radius 3 is 2.40 bits per heavy atom. The first kappa shape index (κ1) is 17.5. The zero-order chi connectivity index (χ0) is 18.2. The molecule has 2 aromatic carbocycles. The summed E-state index contributed by atoms with van der Waals surface area (Å²) in [5, 5.41) is 0. The van der Waals surface area contributed by atoms with Crippen LogP contribution in [0.25, 0.3) is 0 Å². The van der Waals surface area contributed by atoms with Crippen LogP contribution in [0.15, 0.2) is 47.4 Å². The van der Waals surface area contributed by atoms with Crippen molar-refractivity contribution in [2.24, 2.45) is 0 Å². The third-order valence-electron chi connectivity index (χ3n) is 4.47. The standard InChI is InChI=1S/C19H22N2O3S/c1-13(2)15-4-6-17(7-5-15)20-25(23,24)18-8-9-19-16(12-18)10-11-21(19)14(3)22/h4-9,12-13,20H,10-11H2,1-3H3. The number of carbonyl (C=O) groups excluding carboxylic acids is 1. The van der Waals surface area contributed by atoms with E-state index in [4.69, 9.17) is 0 Å². The first-order valence-corrected chi connectivity index (χ1v) is 9.80. The molecule has 1 heterocycles. The molecule has 0 radical (unpaired) electrons. The molecule has 0 spiro atoms. The molecule has 0 aromatic heterocycles. The lowest BCUT2D eigenvalue weighted by molar-refractivity contribution is -0.116. The molecule has 5 nitrogen and oxygen atoms in total. The van der Waals surface area contributed by atoms with Gasteiger partial charge in [0.1, 0.15) is 0 Å². The van der Waals surface area contributed by atoms with Crippen molar-refractivity contribution in [3.63, 3.8) is 0 Å². The van der Waals surface area contributed by atoms with E-state index in [9.17, 15) is 13.2 Å². The lowest BCUT2D eigenvalue weighted by Crippen LogP contribution is -2.25. The summed E-state index contributed by atoms with van der Waals surface area (Å²) >= 11 is 0. The first-order chi connectivity index (χ1) is 11.8. The predicted octanol–water partition coefficient (Wildman–Crippen LogP) is 3.52. The van der Waals surface area contributed by atoms with E-state index < -0.39 is 10.0 Å². The van der Waals surface area contributed by atoms with Gasteiger partial charge in [0.2, 0.25) is 5.91 Å². The van der Waals surface area contributed by atoms with Crippen LogP contribution in [-0.4, -0.2) is 20.9 Å². The molecule has 1 amide bonds. The SMILES string of the molecule is CC(=O)N1CCc2cc(S(=O)(=O)Nc3ccc(C(C)C)cc3)ccc21. The maximum absolute atomic E-state index is 12.6. The molecule has 0 saturated heterocycles. The lowest BCUT2D eigenvalue weighted by Gasteiger charge is -2.15. The number of anilines is 2. The van der Waals surface area contributed by atoms with Gasteiger partial charge in [0.05, 0.1) is 4.90 Å². The first-order valence-electron chi connectivity index (χ1n) is 8.32. The smallest absolute Gasteiger partial charge is 0.261 e. The number of nitrogens with one attached hydrogen (secondary N) is 1. The summed E-state index contributed by atoms with van der Waals surface area (Å²) in [6.45, 7) is 6.29. The molecule has 132 valence electrons. The minimum atomic E-state index is -3.66. The summed E-state index contributed by atoms with van der Waals surface area (Å²) < 4.78 is 27.9. The van der Waals surface area contributed by atoms with Crippen LogP contribution in [0.5, 0.6) is 0 Å². The van der Waals surface area contributed by atoms with Crippen molar-refractivity contribution in [2.45, 2.75) is 38.0 Å². The van der Waals surface area contributed by atoms with Crippen molar-refractivity contribution in [2.75, 3.05) is 16.2 Å². The van der Waals surface area contributed by atoms with Crippen LogP contribution in [-0.2, 0) is 21.2 Å². The van der Waals surface area contributed by atoms with Gasteiger partial charge >= 0.3 is 0 Å². The molecular weight excluding hydrogens is 336 g/mol. The highest BCUT2D eigenvalue weighted by Gasteiger charge is 2.24. The number of sulfonamides is 1. The molecule has 3 rings (SSSR count). The van der Waals surface area contributed by atoms with Crippen molar-refractivity contribution in [3.8, 4) is 0 Å². The highest BCUT2D eigenvalue weighted by atomic mass is 32.2. The van der Waals surface area contributed by atoms with Crippen molar-refractivity contribution in [1.29, 1.82) is 0 Å². The lowest BCUT2D eigenvalue weighted by atomic mass is 10.0. The Morgan fingerprint density at radius 2 is 1.80 bits per heavy atom. The number of rotatable bonds is 4. The second-order valence-electron chi connectivity index (χ2n) is 6.59. The molecule has 1 aliphatic heterocycles. The van der Waals surface area contributed by atoms with E-state index in [1.54, 1.807) is 35.2 Å². The minimum Gasteiger partial charge on any atom is -0.312 e. The highest BCUT2D eigenvalue weighted by molar-refractivity contribution is 7.92. The summed E-state index contributed by atoms with van der Waals surface area (Å²) in [6, 6.07) is 12.3. The average molecular weight is 358 g/mol. The molecule has 0 fully saturated rings. The maximum atomic E-state index is 12.6. The number of nitrogens with zero attached hydrogens (tertiary/aromatic N) is 1. The summed E-state index contributed by atoms with van der Waals surface area (Å²) in [4.78, 5) is 13.5. The number of amides is 1. The van der Waals surface area contributed by atoms with E-state index in [1.165, 1.54) is 6.92 Å². The number of hydrogen-bond acceptors (Lipinski definition) is 3. The number of benzene rings is 2. The number of fused-ring (bicyclic) bond motifs is 1. The van der Waals surface area contributed by atoms with E-state index in [2.05, 4.69) is 18.6 Å². The zero-order valence-electron chi connectivity index (χ0n) is 14.6. The van der Waals surface area contributed by atoms with Crippen LogP contribution < -0.4 is 9.62 Å². The topological polar surface area (TPSA) is 66.5 Å². The fourth-order valence-electron chi connectivity index (χ4n) is 3.02. The van der Waals surface area contributed by atoms with Crippen molar-refractivity contribution >= 4 is 27.3 Å². The predicted molar refractivity (Wildman–Crippen MR) is 99.5 cm³/mol. The van der Waals surface area contributed by atoms with Crippen LogP contribution in [0.4, 0.5) is 11.4 Å². The normalized spacial score (nSPS) is 13.8. The van der Waals surface area contributed by atoms with Crippen LogP contribution in [0.2, 0.25) is 0 Å². The van der Waals surface area contributed by atoms with Gasteiger partial charge in [-0.15, -0.1) is 0 Å². The molecule has 0 aliphatic carbocycles. The summed E-state index contributed by atoms with van der Waals surface area (Å²) in [5.41, 5.74) is 3.38. The Labute approximate surface area is 148 Å². The number of hydrogen-bond donors (Lipinski definition) is 1. The minimum absolute atomic E-state index is 0.0299. The summed E-state index contributed by atoms with van der Waals surface area (Å²) in [6.07, 6.45) is 0.668. The van der Waals surface area contributed by atoms with Gasteiger partial charge < -0.3 is 4.90 Å².